The molecule has 3 aromatic heterocycles. The summed E-state index contributed by atoms with van der Waals surface area (Å²) in [5, 5.41) is 4.03. The number of hydrogen-bond acceptors (Lipinski definition) is 14. The van der Waals surface area contributed by atoms with Gasteiger partial charge in [0.1, 0.15) is 29.3 Å². The molecule has 360 valence electrons. The van der Waals surface area contributed by atoms with Crippen molar-refractivity contribution in [3.05, 3.63) is 173 Å². The second-order valence-corrected chi connectivity index (χ2v) is 23.0. The van der Waals surface area contributed by atoms with Crippen molar-refractivity contribution in [3.63, 3.8) is 0 Å². The molecule has 6 aromatic rings. The molecule has 18 nitrogen and oxygen atoms in total. The van der Waals surface area contributed by atoms with Gasteiger partial charge in [0.05, 0.1) is 26.9 Å². The van der Waals surface area contributed by atoms with E-state index in [-0.39, 0.29) is 29.8 Å². The Hall–Kier alpha value is -6.29. The fourth-order valence-electron chi connectivity index (χ4n) is 8.57. The van der Waals surface area contributed by atoms with Crippen LogP contribution in [0.15, 0.2) is 127 Å². The number of nitrogens with zero attached hydrogens (tertiary/aromatic N) is 4. The Kier molecular flexibility index (Phi) is 13.7. The Morgan fingerprint density at radius 3 is 1.78 bits per heavy atom. The molecule has 68 heavy (non-hydrogen) atoms. The Balaban J connectivity index is 1.18. The van der Waals surface area contributed by atoms with Gasteiger partial charge >= 0.3 is 11.4 Å². The van der Waals surface area contributed by atoms with Crippen LogP contribution in [0.5, 0.6) is 11.5 Å². The normalized spacial score (nSPS) is 23.2. The zero-order valence-electron chi connectivity index (χ0n) is 38.9. The number of aromatic amines is 2. The first kappa shape index (κ1) is 48.2. The number of methoxy groups -OCH3 is 3. The summed E-state index contributed by atoms with van der Waals surface area (Å²) >= 11 is 0. The summed E-state index contributed by atoms with van der Waals surface area (Å²) in [7, 11) is 2.03. The van der Waals surface area contributed by atoms with Crippen molar-refractivity contribution < 1.29 is 41.8 Å². The van der Waals surface area contributed by atoms with E-state index in [1.54, 1.807) is 14.2 Å². The van der Waals surface area contributed by atoms with Gasteiger partial charge in [-0.2, -0.15) is 4.98 Å². The smallest absolute Gasteiger partial charge is 0.330 e. The van der Waals surface area contributed by atoms with Crippen molar-refractivity contribution in [3.8, 4) is 11.5 Å². The van der Waals surface area contributed by atoms with E-state index < -0.39 is 85.4 Å². The highest BCUT2D eigenvalue weighted by Crippen LogP contribution is 2.47. The number of nitrogens with one attached hydrogen (secondary N) is 2. The fraction of sp³-hybridized carbons (Fsp3) is 0.417. The zero-order chi connectivity index (χ0) is 48.5. The Bertz CT molecular complexity index is 2870. The van der Waals surface area contributed by atoms with Crippen LogP contribution in [-0.4, -0.2) is 90.0 Å². The summed E-state index contributed by atoms with van der Waals surface area (Å²) in [6, 6.07) is 26.7. The SMILES string of the molecule is COc1ccc(C(OC[C@H]2O[C@@H](n3ccc(=O)[nH]c3=O)[C@H](F)[C@@H]2Cc2noc([C@H]3O[C@@H](n4ccc(=O)[nH]c4=O)[C@H](OC)[C@@H]3O[Si](C)(C)C(C)(C)C)n2)(c2ccccc2)c2ccc(OC)cc2)cc1. The average Bonchev–Trinajstić information content (AvgIpc) is 4.02. The maximum absolute atomic E-state index is 17.3. The molecule has 0 bridgehead atoms. The Labute approximate surface area is 391 Å². The number of benzene rings is 3. The van der Waals surface area contributed by atoms with Crippen LogP contribution in [-0.2, 0) is 35.4 Å². The van der Waals surface area contributed by atoms with Crippen LogP contribution in [0.2, 0.25) is 18.1 Å². The molecule has 0 spiro atoms. The third-order valence-electron chi connectivity index (χ3n) is 13.2. The highest BCUT2D eigenvalue weighted by atomic mass is 28.4. The molecule has 2 saturated heterocycles. The van der Waals surface area contributed by atoms with E-state index >= 15 is 4.39 Å². The summed E-state index contributed by atoms with van der Waals surface area (Å²) in [6.45, 7) is 10.1. The molecule has 8 rings (SSSR count). The largest absolute Gasteiger partial charge is 0.497 e. The molecule has 0 aliphatic carbocycles. The lowest BCUT2D eigenvalue weighted by Crippen LogP contribution is -2.48. The van der Waals surface area contributed by atoms with Crippen molar-refractivity contribution in [2.45, 2.75) is 94.0 Å². The minimum atomic E-state index is -2.59. The molecule has 0 radical (unpaired) electrons. The van der Waals surface area contributed by atoms with Gasteiger partial charge in [0.2, 0.25) is 0 Å². The van der Waals surface area contributed by atoms with Gasteiger partial charge in [-0.25, -0.2) is 14.0 Å². The first-order chi connectivity index (χ1) is 32.5. The fourth-order valence-corrected chi connectivity index (χ4v) is 9.86. The molecule has 3 aromatic carbocycles. The van der Waals surface area contributed by atoms with Crippen molar-refractivity contribution in [1.29, 1.82) is 0 Å². The number of ether oxygens (including phenoxy) is 6. The van der Waals surface area contributed by atoms with Gasteiger partial charge in [-0.1, -0.05) is 80.5 Å². The van der Waals surface area contributed by atoms with E-state index in [1.807, 2.05) is 78.9 Å². The molecule has 2 aliphatic rings. The molecule has 5 heterocycles. The lowest BCUT2D eigenvalue weighted by molar-refractivity contribution is -0.0875. The maximum Gasteiger partial charge on any atom is 0.330 e. The van der Waals surface area contributed by atoms with E-state index in [2.05, 4.69) is 49.0 Å². The summed E-state index contributed by atoms with van der Waals surface area (Å²) in [6.07, 6.45) is -6.01. The third kappa shape index (κ3) is 9.31. The van der Waals surface area contributed by atoms with Gasteiger partial charge in [0, 0.05) is 44.0 Å². The number of rotatable bonds is 16. The van der Waals surface area contributed by atoms with Crippen LogP contribution in [0.4, 0.5) is 4.39 Å². The molecule has 0 unspecified atom stereocenters. The molecule has 2 aliphatic heterocycles. The van der Waals surface area contributed by atoms with Gasteiger partial charge in [0.15, 0.2) is 38.9 Å². The van der Waals surface area contributed by atoms with Gasteiger partial charge < -0.3 is 37.4 Å². The van der Waals surface area contributed by atoms with Crippen molar-refractivity contribution in [2.75, 3.05) is 27.9 Å². The predicted molar refractivity (Wildman–Crippen MR) is 247 cm³/mol. The van der Waals surface area contributed by atoms with E-state index in [9.17, 15) is 19.2 Å². The molecule has 8 atom stereocenters. The number of halogens is 1. The topological polar surface area (TPSA) is 213 Å². The van der Waals surface area contributed by atoms with Crippen molar-refractivity contribution >= 4 is 8.32 Å². The first-order valence-corrected chi connectivity index (χ1v) is 25.0. The molecule has 0 amide bonds. The lowest BCUT2D eigenvalue weighted by Gasteiger charge is -2.40. The van der Waals surface area contributed by atoms with Crippen LogP contribution in [0.1, 0.15) is 67.7 Å². The molecular formula is C48H55FN6O12Si. The van der Waals surface area contributed by atoms with Gasteiger partial charge in [-0.15, -0.1) is 0 Å². The lowest BCUT2D eigenvalue weighted by atomic mass is 9.80. The Morgan fingerprint density at radius 1 is 0.721 bits per heavy atom. The molecule has 0 saturated carbocycles. The minimum Gasteiger partial charge on any atom is -0.497 e. The van der Waals surface area contributed by atoms with Gasteiger partial charge in [-0.05, 0) is 59.1 Å². The molecule has 20 heteroatoms. The maximum atomic E-state index is 17.3. The molecule has 2 fully saturated rings. The van der Waals surface area contributed by atoms with Gasteiger partial charge in [0.25, 0.3) is 17.0 Å². The zero-order valence-corrected chi connectivity index (χ0v) is 39.9. The van der Waals surface area contributed by atoms with E-state index in [0.29, 0.717) is 11.5 Å². The summed E-state index contributed by atoms with van der Waals surface area (Å²) in [4.78, 5) is 59.6. The second kappa shape index (κ2) is 19.4. The van der Waals surface area contributed by atoms with E-state index in [1.165, 1.54) is 30.1 Å². The third-order valence-corrected chi connectivity index (χ3v) is 17.7. The minimum absolute atomic E-state index is 0.0247. The van der Waals surface area contributed by atoms with Crippen LogP contribution >= 0.6 is 0 Å². The standard InChI is InChI=1S/C48H55FN6O12Si/c1-47(2,3)68(7,8)67-39-40(65-44(41(39)62-6)55-25-23-37(57)52-46(55)59)42-50-35(53-66-42)26-33-34(64-43(38(33)49)54-24-22-36(56)51-45(54)58)27-63-48(28-12-10-9-11-13-28,29-14-18-31(60-4)19-15-29)30-16-20-32(61-5)21-17-30/h9-25,33-34,38-41,43-44H,26-27H2,1-8H3,(H,51,56,58)(H,52,57,59)/t33-,34-,38-,39-,40+,41-,43-,44-/m1/s1. The molecular weight excluding hydrogens is 900 g/mol. The summed E-state index contributed by atoms with van der Waals surface area (Å²) in [5.74, 6) is 0.232. The molecule has 2 N–H and O–H groups in total. The second-order valence-electron chi connectivity index (χ2n) is 18.3. The monoisotopic (exact) mass is 954 g/mol. The van der Waals surface area contributed by atoms with Crippen LogP contribution in [0.25, 0.3) is 0 Å². The number of hydrogen-bond donors (Lipinski definition) is 2. The highest BCUT2D eigenvalue weighted by Gasteiger charge is 2.54. The van der Waals surface area contributed by atoms with Crippen LogP contribution < -0.4 is 32.0 Å². The van der Waals surface area contributed by atoms with Crippen molar-refractivity contribution in [1.82, 2.24) is 29.2 Å². The first-order valence-electron chi connectivity index (χ1n) is 22.1. The van der Waals surface area contributed by atoms with Crippen LogP contribution in [0, 0.1) is 5.92 Å². The predicted octanol–water partition coefficient (Wildman–Crippen LogP) is 5.57. The van der Waals surface area contributed by atoms with Gasteiger partial charge in [-0.3, -0.25) is 28.7 Å². The van der Waals surface area contributed by atoms with E-state index in [0.717, 1.165) is 27.3 Å². The van der Waals surface area contributed by atoms with Crippen LogP contribution in [0.3, 0.4) is 0 Å². The number of alkyl halides is 1. The quantitative estimate of drug-likeness (QED) is 0.0898. The highest BCUT2D eigenvalue weighted by molar-refractivity contribution is 6.74. The average molecular weight is 955 g/mol. The van der Waals surface area contributed by atoms with E-state index in [4.69, 9.17) is 42.4 Å². The summed E-state index contributed by atoms with van der Waals surface area (Å²) < 4.78 is 69.4. The van der Waals surface area contributed by atoms with Crippen molar-refractivity contribution in [2.24, 2.45) is 5.92 Å². The number of aromatic nitrogens is 6. The summed E-state index contributed by atoms with van der Waals surface area (Å²) in [5.41, 5.74) is -1.95. The number of H-pyrrole nitrogens is 2. The Morgan fingerprint density at radius 2 is 1.26 bits per heavy atom.